The van der Waals surface area contributed by atoms with Crippen molar-refractivity contribution >= 4 is 17.7 Å². The molecule has 0 unspecified atom stereocenters. The highest BCUT2D eigenvalue weighted by molar-refractivity contribution is 7.99. The van der Waals surface area contributed by atoms with Crippen LogP contribution >= 0.6 is 11.8 Å². The van der Waals surface area contributed by atoms with Gasteiger partial charge in [0.05, 0.1) is 17.9 Å². The molecule has 10 heavy (non-hydrogen) atoms. The van der Waals surface area contributed by atoms with Gasteiger partial charge in [-0.2, -0.15) is 17.0 Å². The molecule has 1 saturated heterocycles. The quantitative estimate of drug-likeness (QED) is 0.604. The molecular formula is C6H7NO2S. The number of carboxylic acid groups (broad SMARTS) is 1. The van der Waals surface area contributed by atoms with Crippen molar-refractivity contribution in [3.8, 4) is 6.07 Å². The first-order valence-corrected chi connectivity index (χ1v) is 4.11. The summed E-state index contributed by atoms with van der Waals surface area (Å²) in [6, 6.07) is 1.99. The maximum atomic E-state index is 10.4. The zero-order valence-electron chi connectivity index (χ0n) is 5.28. The van der Waals surface area contributed by atoms with Crippen LogP contribution in [0.25, 0.3) is 0 Å². The van der Waals surface area contributed by atoms with Gasteiger partial charge in [-0.15, -0.1) is 0 Å². The summed E-state index contributed by atoms with van der Waals surface area (Å²) in [4.78, 5) is 10.4. The number of hydrogen-bond acceptors (Lipinski definition) is 3. The Morgan fingerprint density at radius 2 is 2.40 bits per heavy atom. The van der Waals surface area contributed by atoms with Crippen LogP contribution in [0, 0.1) is 23.2 Å². The van der Waals surface area contributed by atoms with E-state index in [1.807, 2.05) is 6.07 Å². The fraction of sp³-hybridized carbons (Fsp3) is 0.667. The van der Waals surface area contributed by atoms with Crippen molar-refractivity contribution in [3.05, 3.63) is 0 Å². The van der Waals surface area contributed by atoms with E-state index in [1.165, 1.54) is 11.8 Å². The van der Waals surface area contributed by atoms with Crippen LogP contribution in [0.1, 0.15) is 0 Å². The van der Waals surface area contributed by atoms with Crippen molar-refractivity contribution in [2.24, 2.45) is 11.8 Å². The molecule has 0 aliphatic carbocycles. The second-order valence-electron chi connectivity index (χ2n) is 2.22. The Bertz CT molecular complexity index is 187. The SMILES string of the molecule is N#C[C@H]1CSC[C@H]1C(=O)O. The van der Waals surface area contributed by atoms with Crippen molar-refractivity contribution in [1.29, 1.82) is 5.26 Å². The Morgan fingerprint density at radius 3 is 2.80 bits per heavy atom. The lowest BCUT2D eigenvalue weighted by Crippen LogP contribution is -2.20. The summed E-state index contributed by atoms with van der Waals surface area (Å²) in [5, 5.41) is 17.0. The van der Waals surface area contributed by atoms with E-state index in [4.69, 9.17) is 10.4 Å². The van der Waals surface area contributed by atoms with Gasteiger partial charge in [0.15, 0.2) is 0 Å². The van der Waals surface area contributed by atoms with E-state index >= 15 is 0 Å². The smallest absolute Gasteiger partial charge is 0.308 e. The van der Waals surface area contributed by atoms with Crippen LogP contribution in [-0.2, 0) is 4.79 Å². The van der Waals surface area contributed by atoms with E-state index in [0.717, 1.165) is 0 Å². The zero-order valence-corrected chi connectivity index (χ0v) is 6.10. The second-order valence-corrected chi connectivity index (χ2v) is 3.29. The van der Waals surface area contributed by atoms with Gasteiger partial charge in [0.25, 0.3) is 0 Å². The fourth-order valence-corrected chi connectivity index (χ4v) is 2.25. The summed E-state index contributed by atoms with van der Waals surface area (Å²) in [6.45, 7) is 0. The lowest BCUT2D eigenvalue weighted by Gasteiger charge is -2.03. The van der Waals surface area contributed by atoms with E-state index in [-0.39, 0.29) is 5.92 Å². The molecule has 0 radical (unpaired) electrons. The van der Waals surface area contributed by atoms with Crippen molar-refractivity contribution < 1.29 is 9.90 Å². The van der Waals surface area contributed by atoms with E-state index in [0.29, 0.717) is 11.5 Å². The fourth-order valence-electron chi connectivity index (χ4n) is 0.925. The minimum atomic E-state index is -0.837. The normalized spacial score (nSPS) is 31.5. The van der Waals surface area contributed by atoms with Crippen LogP contribution in [-0.4, -0.2) is 22.6 Å². The summed E-state index contributed by atoms with van der Waals surface area (Å²) >= 11 is 1.54. The molecule has 1 N–H and O–H groups in total. The summed E-state index contributed by atoms with van der Waals surface area (Å²) in [6.07, 6.45) is 0. The van der Waals surface area contributed by atoms with Crippen molar-refractivity contribution in [1.82, 2.24) is 0 Å². The average Bonchev–Trinajstić information content (AvgIpc) is 2.33. The molecule has 0 aromatic heterocycles. The molecule has 4 heteroatoms. The average molecular weight is 157 g/mol. The van der Waals surface area contributed by atoms with E-state index in [9.17, 15) is 4.79 Å². The number of carbonyl (C=O) groups is 1. The number of nitrogens with zero attached hydrogens (tertiary/aromatic N) is 1. The third-order valence-corrected chi connectivity index (χ3v) is 2.75. The minimum absolute atomic E-state index is 0.275. The molecule has 0 spiro atoms. The van der Waals surface area contributed by atoms with Crippen LogP contribution < -0.4 is 0 Å². The molecule has 0 amide bonds. The first-order chi connectivity index (χ1) is 4.75. The van der Waals surface area contributed by atoms with Gasteiger partial charge in [0, 0.05) is 11.5 Å². The molecule has 0 saturated carbocycles. The molecule has 2 atom stereocenters. The number of carboxylic acids is 1. The predicted octanol–water partition coefficient (Wildman–Crippen LogP) is 0.574. The maximum Gasteiger partial charge on any atom is 0.308 e. The summed E-state index contributed by atoms with van der Waals surface area (Å²) in [5.74, 6) is -0.282. The zero-order chi connectivity index (χ0) is 7.56. The van der Waals surface area contributed by atoms with Gasteiger partial charge in [0.2, 0.25) is 0 Å². The first-order valence-electron chi connectivity index (χ1n) is 2.96. The Hall–Kier alpha value is -0.690. The highest BCUT2D eigenvalue weighted by Gasteiger charge is 2.33. The van der Waals surface area contributed by atoms with Crippen molar-refractivity contribution in [2.45, 2.75) is 0 Å². The Kier molecular flexibility index (Phi) is 2.17. The van der Waals surface area contributed by atoms with Gasteiger partial charge in [-0.3, -0.25) is 4.79 Å². The second kappa shape index (κ2) is 2.93. The topological polar surface area (TPSA) is 61.1 Å². The molecule has 0 bridgehead atoms. The highest BCUT2D eigenvalue weighted by atomic mass is 32.2. The third kappa shape index (κ3) is 1.24. The number of aliphatic carboxylic acids is 1. The molecule has 0 aromatic rings. The molecule has 0 aromatic carbocycles. The molecule has 3 nitrogen and oxygen atoms in total. The summed E-state index contributed by atoms with van der Waals surface area (Å²) in [7, 11) is 0. The summed E-state index contributed by atoms with van der Waals surface area (Å²) in [5.41, 5.74) is 0. The van der Waals surface area contributed by atoms with Gasteiger partial charge in [0.1, 0.15) is 0 Å². The molecule has 1 aliphatic rings. The van der Waals surface area contributed by atoms with Crippen LogP contribution in [0.3, 0.4) is 0 Å². The highest BCUT2D eigenvalue weighted by Crippen LogP contribution is 2.29. The van der Waals surface area contributed by atoms with Crippen LogP contribution in [0.4, 0.5) is 0 Å². The van der Waals surface area contributed by atoms with Gasteiger partial charge < -0.3 is 5.11 Å². The largest absolute Gasteiger partial charge is 0.481 e. The van der Waals surface area contributed by atoms with E-state index < -0.39 is 11.9 Å². The number of hydrogen-bond donors (Lipinski definition) is 1. The molecule has 1 heterocycles. The predicted molar refractivity (Wildman–Crippen MR) is 37.6 cm³/mol. The lowest BCUT2D eigenvalue weighted by atomic mass is 9.98. The van der Waals surface area contributed by atoms with Crippen LogP contribution in [0.2, 0.25) is 0 Å². The van der Waals surface area contributed by atoms with Crippen LogP contribution in [0.5, 0.6) is 0 Å². The Balaban J connectivity index is 2.61. The van der Waals surface area contributed by atoms with E-state index in [2.05, 4.69) is 0 Å². The minimum Gasteiger partial charge on any atom is -0.481 e. The van der Waals surface area contributed by atoms with E-state index in [1.54, 1.807) is 0 Å². The Morgan fingerprint density at radius 1 is 1.70 bits per heavy atom. The number of thioether (sulfide) groups is 1. The monoisotopic (exact) mass is 157 g/mol. The molecule has 1 rings (SSSR count). The Labute approximate surface area is 63.0 Å². The van der Waals surface area contributed by atoms with Gasteiger partial charge in [-0.25, -0.2) is 0 Å². The van der Waals surface area contributed by atoms with Crippen molar-refractivity contribution in [3.63, 3.8) is 0 Å². The third-order valence-electron chi connectivity index (χ3n) is 1.56. The molecular weight excluding hydrogens is 150 g/mol. The molecule has 54 valence electrons. The number of nitriles is 1. The lowest BCUT2D eigenvalue weighted by molar-refractivity contribution is -0.141. The van der Waals surface area contributed by atoms with Crippen molar-refractivity contribution in [2.75, 3.05) is 11.5 Å². The van der Waals surface area contributed by atoms with Gasteiger partial charge in [-0.1, -0.05) is 0 Å². The molecule has 1 aliphatic heterocycles. The first kappa shape index (κ1) is 7.42. The standard InChI is InChI=1S/C6H7NO2S/c7-1-4-2-10-3-5(4)6(8)9/h4-5H,2-3H2,(H,8,9)/t4-,5+/m0/s1. The maximum absolute atomic E-state index is 10.4. The molecule has 1 fully saturated rings. The number of rotatable bonds is 1. The van der Waals surface area contributed by atoms with Gasteiger partial charge in [-0.05, 0) is 0 Å². The van der Waals surface area contributed by atoms with Crippen LogP contribution in [0.15, 0.2) is 0 Å². The summed E-state index contributed by atoms with van der Waals surface area (Å²) < 4.78 is 0. The van der Waals surface area contributed by atoms with Gasteiger partial charge >= 0.3 is 5.97 Å².